The van der Waals surface area contributed by atoms with E-state index in [0.717, 1.165) is 6.54 Å². The van der Waals surface area contributed by atoms with Crippen LogP contribution in [0.5, 0.6) is 5.75 Å². The molecule has 1 amide bonds. The molecule has 4 heteroatoms. The number of hydrogen-bond donors (Lipinski definition) is 0. The minimum Gasteiger partial charge on any atom is -0.484 e. The van der Waals surface area contributed by atoms with Gasteiger partial charge in [0.05, 0.1) is 11.6 Å². The average Bonchev–Trinajstić information content (AvgIpc) is 2.42. The molecule has 0 aliphatic rings. The smallest absolute Gasteiger partial charge is 0.260 e. The van der Waals surface area contributed by atoms with Gasteiger partial charge >= 0.3 is 0 Å². The zero-order valence-electron chi connectivity index (χ0n) is 11.7. The van der Waals surface area contributed by atoms with Gasteiger partial charge in [0.15, 0.2) is 6.61 Å². The second kappa shape index (κ2) is 7.42. The maximum atomic E-state index is 12.0. The highest BCUT2D eigenvalue weighted by Crippen LogP contribution is 2.11. The Morgan fingerprint density at radius 3 is 2.47 bits per heavy atom. The van der Waals surface area contributed by atoms with Gasteiger partial charge in [-0.15, -0.1) is 0 Å². The largest absolute Gasteiger partial charge is 0.484 e. The van der Waals surface area contributed by atoms with E-state index in [-0.39, 0.29) is 12.5 Å². The zero-order valence-corrected chi connectivity index (χ0v) is 11.7. The molecule has 0 unspecified atom stereocenters. The SMILES string of the molecule is CCN(CC(C)C)C(=O)COc1ccc(C#N)cc1. The van der Waals surface area contributed by atoms with Crippen LogP contribution in [0.3, 0.4) is 0 Å². The minimum absolute atomic E-state index is 0.0134. The average molecular weight is 260 g/mol. The Morgan fingerprint density at radius 2 is 2.00 bits per heavy atom. The van der Waals surface area contributed by atoms with Crippen LogP contribution in [0, 0.1) is 17.2 Å². The Morgan fingerprint density at radius 1 is 1.37 bits per heavy atom. The summed E-state index contributed by atoms with van der Waals surface area (Å²) in [6.07, 6.45) is 0. The molecule has 0 N–H and O–H groups in total. The van der Waals surface area contributed by atoms with Crippen LogP contribution >= 0.6 is 0 Å². The van der Waals surface area contributed by atoms with Crippen molar-refractivity contribution < 1.29 is 9.53 Å². The zero-order chi connectivity index (χ0) is 14.3. The highest BCUT2D eigenvalue weighted by molar-refractivity contribution is 5.77. The Kier molecular flexibility index (Phi) is 5.87. The quantitative estimate of drug-likeness (QED) is 0.789. The summed E-state index contributed by atoms with van der Waals surface area (Å²) in [5.74, 6) is 1.03. The lowest BCUT2D eigenvalue weighted by Gasteiger charge is -2.22. The third kappa shape index (κ3) is 5.01. The molecule has 0 fully saturated rings. The van der Waals surface area contributed by atoms with Crippen molar-refractivity contribution in [1.82, 2.24) is 4.90 Å². The van der Waals surface area contributed by atoms with Gasteiger partial charge < -0.3 is 9.64 Å². The molecule has 0 spiro atoms. The van der Waals surface area contributed by atoms with Gasteiger partial charge in [0.25, 0.3) is 5.91 Å². The van der Waals surface area contributed by atoms with E-state index in [9.17, 15) is 4.79 Å². The van der Waals surface area contributed by atoms with Gasteiger partial charge in [0, 0.05) is 13.1 Å². The number of carbonyl (C=O) groups excluding carboxylic acids is 1. The Hall–Kier alpha value is -2.02. The molecule has 0 heterocycles. The summed E-state index contributed by atoms with van der Waals surface area (Å²) in [4.78, 5) is 13.7. The second-order valence-electron chi connectivity index (χ2n) is 4.75. The fourth-order valence-electron chi connectivity index (χ4n) is 1.71. The van der Waals surface area contributed by atoms with Gasteiger partial charge in [-0.3, -0.25) is 4.79 Å². The van der Waals surface area contributed by atoms with Gasteiger partial charge in [-0.1, -0.05) is 13.8 Å². The lowest BCUT2D eigenvalue weighted by atomic mass is 10.2. The number of benzene rings is 1. The molecular weight excluding hydrogens is 240 g/mol. The monoisotopic (exact) mass is 260 g/mol. The maximum absolute atomic E-state index is 12.0. The standard InChI is InChI=1S/C15H20N2O2/c1-4-17(10-12(2)3)15(18)11-19-14-7-5-13(9-16)6-8-14/h5-8,12H,4,10-11H2,1-3H3. The molecule has 0 atom stereocenters. The normalized spacial score (nSPS) is 10.1. The number of hydrogen-bond acceptors (Lipinski definition) is 3. The maximum Gasteiger partial charge on any atom is 0.260 e. The molecule has 0 aliphatic heterocycles. The molecular formula is C15H20N2O2. The van der Waals surface area contributed by atoms with E-state index in [4.69, 9.17) is 10.00 Å². The Bertz CT molecular complexity index is 446. The number of nitriles is 1. The van der Waals surface area contributed by atoms with Crippen LogP contribution in [-0.2, 0) is 4.79 Å². The van der Waals surface area contributed by atoms with Crippen LogP contribution in [0.2, 0.25) is 0 Å². The van der Waals surface area contributed by atoms with Crippen LogP contribution in [0.1, 0.15) is 26.3 Å². The number of ether oxygens (including phenoxy) is 1. The number of nitrogens with zero attached hydrogens (tertiary/aromatic N) is 2. The van der Waals surface area contributed by atoms with E-state index in [1.807, 2.05) is 13.0 Å². The summed E-state index contributed by atoms with van der Waals surface area (Å²) in [5.41, 5.74) is 0.577. The molecule has 102 valence electrons. The molecule has 1 aromatic carbocycles. The molecule has 0 saturated heterocycles. The van der Waals surface area contributed by atoms with Crippen LogP contribution in [0.25, 0.3) is 0 Å². The summed E-state index contributed by atoms with van der Waals surface area (Å²) < 4.78 is 5.43. The first-order valence-electron chi connectivity index (χ1n) is 6.47. The first-order chi connectivity index (χ1) is 9.06. The van der Waals surface area contributed by atoms with E-state index in [1.54, 1.807) is 29.2 Å². The van der Waals surface area contributed by atoms with E-state index in [1.165, 1.54) is 0 Å². The molecule has 0 radical (unpaired) electrons. The van der Waals surface area contributed by atoms with Gasteiger partial charge in [-0.25, -0.2) is 0 Å². The van der Waals surface area contributed by atoms with Crippen LogP contribution in [0.4, 0.5) is 0 Å². The number of carbonyl (C=O) groups is 1. The third-order valence-corrected chi connectivity index (χ3v) is 2.67. The number of amides is 1. The highest BCUT2D eigenvalue weighted by Gasteiger charge is 2.13. The van der Waals surface area contributed by atoms with Crippen LogP contribution in [-0.4, -0.2) is 30.5 Å². The Labute approximate surface area is 114 Å². The Balaban J connectivity index is 2.50. The number of rotatable bonds is 6. The third-order valence-electron chi connectivity index (χ3n) is 2.67. The first kappa shape index (κ1) is 15.0. The summed E-state index contributed by atoms with van der Waals surface area (Å²) in [6, 6.07) is 8.78. The second-order valence-corrected chi connectivity index (χ2v) is 4.75. The van der Waals surface area contributed by atoms with Crippen molar-refractivity contribution in [3.8, 4) is 11.8 Å². The van der Waals surface area contributed by atoms with Crippen molar-refractivity contribution in [3.63, 3.8) is 0 Å². The fourth-order valence-corrected chi connectivity index (χ4v) is 1.71. The van der Waals surface area contributed by atoms with Crippen molar-refractivity contribution in [2.45, 2.75) is 20.8 Å². The van der Waals surface area contributed by atoms with E-state index in [0.29, 0.717) is 23.8 Å². The van der Waals surface area contributed by atoms with Gasteiger partial charge in [0.2, 0.25) is 0 Å². The van der Waals surface area contributed by atoms with Crippen molar-refractivity contribution in [3.05, 3.63) is 29.8 Å². The topological polar surface area (TPSA) is 53.3 Å². The van der Waals surface area contributed by atoms with Crippen LogP contribution in [0.15, 0.2) is 24.3 Å². The molecule has 1 aromatic rings. The molecule has 0 saturated carbocycles. The van der Waals surface area contributed by atoms with E-state index in [2.05, 4.69) is 13.8 Å². The molecule has 0 aromatic heterocycles. The summed E-state index contributed by atoms with van der Waals surface area (Å²) in [6.45, 7) is 7.59. The van der Waals surface area contributed by atoms with E-state index < -0.39 is 0 Å². The van der Waals surface area contributed by atoms with Crippen molar-refractivity contribution in [1.29, 1.82) is 5.26 Å². The van der Waals surface area contributed by atoms with Gasteiger partial charge in [0.1, 0.15) is 5.75 Å². The lowest BCUT2D eigenvalue weighted by Crippen LogP contribution is -2.37. The summed E-state index contributed by atoms with van der Waals surface area (Å²) in [5, 5.41) is 8.68. The minimum atomic E-state index is -0.0134. The summed E-state index contributed by atoms with van der Waals surface area (Å²) >= 11 is 0. The first-order valence-corrected chi connectivity index (χ1v) is 6.47. The molecule has 0 aliphatic carbocycles. The molecule has 0 bridgehead atoms. The van der Waals surface area contributed by atoms with Gasteiger partial charge in [-0.2, -0.15) is 5.26 Å². The predicted octanol–water partition coefficient (Wildman–Crippen LogP) is 2.44. The van der Waals surface area contributed by atoms with Crippen molar-refractivity contribution >= 4 is 5.91 Å². The molecule has 19 heavy (non-hydrogen) atoms. The summed E-state index contributed by atoms with van der Waals surface area (Å²) in [7, 11) is 0. The molecule has 1 rings (SSSR count). The fraction of sp³-hybridized carbons (Fsp3) is 0.467. The lowest BCUT2D eigenvalue weighted by molar-refractivity contribution is -0.133. The van der Waals surface area contributed by atoms with Gasteiger partial charge in [-0.05, 0) is 37.1 Å². The van der Waals surface area contributed by atoms with Crippen molar-refractivity contribution in [2.24, 2.45) is 5.92 Å². The van der Waals surface area contributed by atoms with Crippen molar-refractivity contribution in [2.75, 3.05) is 19.7 Å². The highest BCUT2D eigenvalue weighted by atomic mass is 16.5. The van der Waals surface area contributed by atoms with Crippen LogP contribution < -0.4 is 4.74 Å². The van der Waals surface area contributed by atoms with E-state index >= 15 is 0 Å². The predicted molar refractivity (Wildman–Crippen MR) is 73.7 cm³/mol. The number of likely N-dealkylation sites (N-methyl/N-ethyl adjacent to an activating group) is 1. The molecule has 4 nitrogen and oxygen atoms in total.